The molecule has 2 amide bonds. The number of pyridine rings is 1. The van der Waals surface area contributed by atoms with Crippen molar-refractivity contribution in [1.82, 2.24) is 4.98 Å². The first-order chi connectivity index (χ1) is 15.3. The van der Waals surface area contributed by atoms with Gasteiger partial charge in [0, 0.05) is 18.0 Å². The van der Waals surface area contributed by atoms with Crippen molar-refractivity contribution >= 4 is 23.2 Å². The van der Waals surface area contributed by atoms with E-state index in [-0.39, 0.29) is 35.5 Å². The van der Waals surface area contributed by atoms with Crippen molar-refractivity contribution in [3.8, 4) is 0 Å². The fraction of sp³-hybridized carbons (Fsp3) is 0.148. The summed E-state index contributed by atoms with van der Waals surface area (Å²) in [6.45, 7) is 0. The molecule has 4 heteroatoms. The Morgan fingerprint density at radius 1 is 0.677 bits per heavy atom. The molecule has 0 radical (unpaired) electrons. The highest BCUT2D eigenvalue weighted by molar-refractivity contribution is 6.23. The van der Waals surface area contributed by atoms with Gasteiger partial charge in [-0.3, -0.25) is 9.59 Å². The van der Waals surface area contributed by atoms with E-state index < -0.39 is 0 Å². The van der Waals surface area contributed by atoms with E-state index in [9.17, 15) is 9.59 Å². The van der Waals surface area contributed by atoms with Crippen LogP contribution in [0.3, 0.4) is 0 Å². The van der Waals surface area contributed by atoms with Gasteiger partial charge in [0.25, 0.3) is 0 Å². The highest BCUT2D eigenvalue weighted by Crippen LogP contribution is 2.58. The third-order valence-electron chi connectivity index (χ3n) is 6.71. The Kier molecular flexibility index (Phi) is 4.00. The van der Waals surface area contributed by atoms with Crippen LogP contribution in [0, 0.1) is 23.7 Å². The average molecular weight is 404 g/mol. The summed E-state index contributed by atoms with van der Waals surface area (Å²) >= 11 is 0. The predicted octanol–water partition coefficient (Wildman–Crippen LogP) is 4.51. The molecule has 6 rings (SSSR count). The fourth-order valence-electron chi connectivity index (χ4n) is 5.52. The summed E-state index contributed by atoms with van der Waals surface area (Å²) in [5.41, 5.74) is 4.56. The van der Waals surface area contributed by atoms with Crippen molar-refractivity contribution in [2.24, 2.45) is 23.7 Å². The van der Waals surface area contributed by atoms with Crippen LogP contribution >= 0.6 is 0 Å². The van der Waals surface area contributed by atoms with Crippen LogP contribution in [0.15, 0.2) is 103 Å². The van der Waals surface area contributed by atoms with E-state index >= 15 is 0 Å². The molecule has 4 atom stereocenters. The number of aromatic nitrogens is 1. The minimum Gasteiger partial charge on any atom is -0.274 e. The van der Waals surface area contributed by atoms with Gasteiger partial charge < -0.3 is 0 Å². The first-order valence-electron chi connectivity index (χ1n) is 10.6. The van der Waals surface area contributed by atoms with Crippen molar-refractivity contribution in [2.75, 3.05) is 4.90 Å². The second-order valence-corrected chi connectivity index (χ2v) is 8.25. The number of fused-ring (bicyclic) bond motifs is 5. The van der Waals surface area contributed by atoms with Gasteiger partial charge in [0.1, 0.15) is 5.82 Å². The number of benzene rings is 2. The Morgan fingerprint density at radius 3 is 1.68 bits per heavy atom. The minimum absolute atomic E-state index is 0.0735. The van der Waals surface area contributed by atoms with Gasteiger partial charge in [-0.25, -0.2) is 9.88 Å². The molecular formula is C27H20N2O2. The predicted molar refractivity (Wildman–Crippen MR) is 119 cm³/mol. The van der Waals surface area contributed by atoms with Crippen LogP contribution < -0.4 is 4.90 Å². The lowest BCUT2D eigenvalue weighted by atomic mass is 9.85. The Morgan fingerprint density at radius 2 is 1.19 bits per heavy atom. The molecular weight excluding hydrogens is 384 g/mol. The van der Waals surface area contributed by atoms with Gasteiger partial charge in [-0.1, -0.05) is 78.9 Å². The lowest BCUT2D eigenvalue weighted by Crippen LogP contribution is -2.33. The van der Waals surface area contributed by atoms with E-state index in [1.165, 1.54) is 10.5 Å². The topological polar surface area (TPSA) is 50.3 Å². The van der Waals surface area contributed by atoms with E-state index in [0.29, 0.717) is 5.82 Å². The van der Waals surface area contributed by atoms with Gasteiger partial charge in [-0.05, 0) is 34.4 Å². The monoisotopic (exact) mass is 404 g/mol. The number of carbonyl (C=O) groups excluding carboxylic acids is 2. The number of amides is 2. The molecule has 0 unspecified atom stereocenters. The summed E-state index contributed by atoms with van der Waals surface area (Å²) in [7, 11) is 0. The molecule has 1 saturated carbocycles. The zero-order chi connectivity index (χ0) is 20.9. The number of rotatable bonds is 3. The van der Waals surface area contributed by atoms with E-state index in [2.05, 4.69) is 41.4 Å². The number of hydrogen-bond donors (Lipinski definition) is 0. The Labute approximate surface area is 180 Å². The van der Waals surface area contributed by atoms with Crippen LogP contribution in [0.25, 0.3) is 5.57 Å². The first kappa shape index (κ1) is 18.0. The number of allylic oxidation sites excluding steroid dienone is 3. The van der Waals surface area contributed by atoms with Gasteiger partial charge >= 0.3 is 0 Å². The van der Waals surface area contributed by atoms with E-state index in [0.717, 1.165) is 16.7 Å². The maximum absolute atomic E-state index is 13.4. The third-order valence-corrected chi connectivity index (χ3v) is 6.71. The summed E-state index contributed by atoms with van der Waals surface area (Å²) in [6, 6.07) is 25.9. The third kappa shape index (κ3) is 2.58. The van der Waals surface area contributed by atoms with Gasteiger partial charge in [-0.2, -0.15) is 0 Å². The molecule has 1 aliphatic heterocycles. The average Bonchev–Trinajstić information content (AvgIpc) is 3.45. The molecule has 150 valence electrons. The van der Waals surface area contributed by atoms with Crippen molar-refractivity contribution in [1.29, 1.82) is 0 Å². The van der Waals surface area contributed by atoms with Crippen LogP contribution in [0.1, 0.15) is 11.1 Å². The summed E-state index contributed by atoms with van der Waals surface area (Å²) in [6.07, 6.45) is 5.87. The van der Waals surface area contributed by atoms with Crippen molar-refractivity contribution < 1.29 is 9.59 Å². The molecule has 2 bridgehead atoms. The second-order valence-electron chi connectivity index (χ2n) is 8.25. The summed E-state index contributed by atoms with van der Waals surface area (Å²) in [5.74, 6) is -0.717. The summed E-state index contributed by atoms with van der Waals surface area (Å²) in [4.78, 5) is 32.4. The maximum Gasteiger partial charge on any atom is 0.239 e. The molecule has 0 N–H and O–H groups in total. The van der Waals surface area contributed by atoms with E-state index in [1.807, 2.05) is 36.4 Å². The standard InChI is InChI=1S/C27H20N2O2/c30-26-24-19-14-15-20(25(24)27(31)29(26)21-13-7-8-16-28-21)23(19)22(17-9-3-1-4-10-17)18-11-5-2-6-12-18/h1-16,19-20,24-25H/t19-,20-,24-,25-/m1/s1. The van der Waals surface area contributed by atoms with Crippen molar-refractivity contribution in [3.63, 3.8) is 0 Å². The molecule has 1 aromatic heterocycles. The minimum atomic E-state index is -0.359. The smallest absolute Gasteiger partial charge is 0.239 e. The van der Waals surface area contributed by atoms with Crippen LogP contribution in [0.5, 0.6) is 0 Å². The van der Waals surface area contributed by atoms with Gasteiger partial charge in [0.2, 0.25) is 11.8 Å². The maximum atomic E-state index is 13.4. The molecule has 2 fully saturated rings. The van der Waals surface area contributed by atoms with Gasteiger partial charge in [0.15, 0.2) is 0 Å². The Bertz CT molecular complexity index is 1160. The highest BCUT2D eigenvalue weighted by Gasteiger charge is 2.62. The number of nitrogens with zero attached hydrogens (tertiary/aromatic N) is 2. The van der Waals surface area contributed by atoms with Gasteiger partial charge in [0.05, 0.1) is 11.8 Å². The summed E-state index contributed by atoms with van der Waals surface area (Å²) in [5, 5.41) is 0. The SMILES string of the molecule is O=C1[C@H]2[C@H](C(=O)N1c1ccccn1)[C@@H]1C=C[C@@H]2C1=C(c1ccccc1)c1ccccc1. The molecule has 31 heavy (non-hydrogen) atoms. The number of imide groups is 1. The lowest BCUT2D eigenvalue weighted by molar-refractivity contribution is -0.123. The van der Waals surface area contributed by atoms with Crippen LogP contribution in [-0.2, 0) is 9.59 Å². The Balaban J connectivity index is 1.50. The molecule has 2 heterocycles. The van der Waals surface area contributed by atoms with Crippen LogP contribution in [0.2, 0.25) is 0 Å². The largest absolute Gasteiger partial charge is 0.274 e. The lowest BCUT2D eigenvalue weighted by Gasteiger charge is -2.21. The van der Waals surface area contributed by atoms with E-state index in [4.69, 9.17) is 0 Å². The molecule has 3 aliphatic rings. The first-order valence-corrected chi connectivity index (χ1v) is 10.6. The van der Waals surface area contributed by atoms with Crippen LogP contribution in [-0.4, -0.2) is 16.8 Å². The summed E-state index contributed by atoms with van der Waals surface area (Å²) < 4.78 is 0. The number of carbonyl (C=O) groups is 2. The van der Waals surface area contributed by atoms with Crippen molar-refractivity contribution in [3.05, 3.63) is 114 Å². The van der Waals surface area contributed by atoms with Crippen molar-refractivity contribution in [2.45, 2.75) is 0 Å². The van der Waals surface area contributed by atoms with Crippen LogP contribution in [0.4, 0.5) is 5.82 Å². The fourth-order valence-corrected chi connectivity index (χ4v) is 5.52. The highest BCUT2D eigenvalue weighted by atomic mass is 16.2. The molecule has 2 aromatic carbocycles. The second kappa shape index (κ2) is 6.88. The molecule has 3 aromatic rings. The van der Waals surface area contributed by atoms with Gasteiger partial charge in [-0.15, -0.1) is 0 Å². The normalized spacial score (nSPS) is 25.9. The quantitative estimate of drug-likeness (QED) is 0.477. The molecule has 4 nitrogen and oxygen atoms in total. The zero-order valence-electron chi connectivity index (χ0n) is 16.8. The molecule has 2 aliphatic carbocycles. The zero-order valence-corrected chi connectivity index (χ0v) is 16.8. The number of anilines is 1. The molecule has 0 spiro atoms. The van der Waals surface area contributed by atoms with E-state index in [1.54, 1.807) is 24.4 Å². The molecule has 1 saturated heterocycles. The Hall–Kier alpha value is -3.79. The number of hydrogen-bond acceptors (Lipinski definition) is 3.